The van der Waals surface area contributed by atoms with E-state index in [9.17, 15) is 14.7 Å². The minimum Gasteiger partial charge on any atom is -0.478 e. The molecule has 2 N–H and O–H groups in total. The van der Waals surface area contributed by atoms with Gasteiger partial charge in [-0.15, -0.1) is 0 Å². The van der Waals surface area contributed by atoms with E-state index >= 15 is 0 Å². The number of halogens is 2. The molecule has 0 amide bonds. The van der Waals surface area contributed by atoms with Crippen LogP contribution in [0.25, 0.3) is 33.4 Å². The molecule has 6 rings (SSSR count). The monoisotopic (exact) mass is 706 g/mol. The van der Waals surface area contributed by atoms with Gasteiger partial charge in [-0.1, -0.05) is 114 Å². The number of carbonyl (C=O) groups excluding carboxylic acids is 1. The quantitative estimate of drug-likeness (QED) is 0.0560. The number of esters is 1. The first-order valence-corrected chi connectivity index (χ1v) is 16.0. The fourth-order valence-electron chi connectivity index (χ4n) is 5.31. The smallest absolute Gasteiger partial charge is 0.344 e. The van der Waals surface area contributed by atoms with Gasteiger partial charge in [0.1, 0.15) is 19.0 Å². The Morgan fingerprint density at radius 1 is 0.540 bits per heavy atom. The maximum Gasteiger partial charge on any atom is 0.344 e. The van der Waals surface area contributed by atoms with Crippen molar-refractivity contribution < 1.29 is 39.4 Å². The van der Waals surface area contributed by atoms with E-state index in [1.807, 2.05) is 78.9 Å². The Morgan fingerprint density at radius 2 is 1.08 bits per heavy atom. The highest BCUT2D eigenvalue weighted by atomic mass is 35.5. The molecule has 0 spiro atoms. The highest BCUT2D eigenvalue weighted by Crippen LogP contribution is 2.35. The van der Waals surface area contributed by atoms with Crippen molar-refractivity contribution in [3.05, 3.63) is 166 Å². The zero-order valence-corrected chi connectivity index (χ0v) is 27.7. The van der Waals surface area contributed by atoms with Crippen LogP contribution in [-0.2, 0) is 23.0 Å². The summed E-state index contributed by atoms with van der Waals surface area (Å²) in [5.74, 6) is -1.78. The molecule has 0 heterocycles. The minimum atomic E-state index is -1.26. The van der Waals surface area contributed by atoms with Gasteiger partial charge in [0.2, 0.25) is 0 Å². The first kappa shape index (κ1) is 34.4. The summed E-state index contributed by atoms with van der Waals surface area (Å²) in [4.78, 5) is 40.5. The molecule has 0 saturated heterocycles. The molecule has 0 saturated carbocycles. The van der Waals surface area contributed by atoms with Gasteiger partial charge in [0.05, 0.1) is 21.2 Å². The lowest BCUT2D eigenvalue weighted by Crippen LogP contribution is -2.14. The van der Waals surface area contributed by atoms with E-state index in [2.05, 4.69) is 4.89 Å². The van der Waals surface area contributed by atoms with Gasteiger partial charge in [0, 0.05) is 0 Å². The first-order chi connectivity index (χ1) is 24.3. The van der Waals surface area contributed by atoms with Crippen molar-refractivity contribution in [2.75, 3.05) is 0 Å². The summed E-state index contributed by atoms with van der Waals surface area (Å²) in [5.41, 5.74) is 6.02. The molecule has 6 aromatic rings. The summed E-state index contributed by atoms with van der Waals surface area (Å²) >= 11 is 13.0. The summed E-state index contributed by atoms with van der Waals surface area (Å²) in [6.45, 7) is 0.0351. The van der Waals surface area contributed by atoms with E-state index in [-0.39, 0.29) is 45.9 Å². The zero-order valence-electron chi connectivity index (χ0n) is 26.2. The second-order valence-electron chi connectivity index (χ2n) is 11.1. The van der Waals surface area contributed by atoms with Crippen LogP contribution >= 0.6 is 23.2 Å². The molecule has 250 valence electrons. The lowest BCUT2D eigenvalue weighted by atomic mass is 9.99. The van der Waals surface area contributed by atoms with Crippen molar-refractivity contribution >= 4 is 35.1 Å². The standard InChI is InChI=1S/C40H28Cl2O8/c41-35-21-29(14-17-37(35)49-40(45)33-16-13-28(20-34(33)39(43)44)26-9-5-2-6-10-26)30-15-18-38(36(42)22-30)50-48-24-31-12-11-27(19-32(31)23-47-46)25-7-3-1-4-8-25/h1-22,46H,23-24H2,(H,43,44). The second-order valence-corrected chi connectivity index (χ2v) is 11.9. The molecule has 8 nitrogen and oxygen atoms in total. The van der Waals surface area contributed by atoms with E-state index in [4.69, 9.17) is 43.0 Å². The largest absolute Gasteiger partial charge is 0.478 e. The van der Waals surface area contributed by atoms with Crippen LogP contribution in [0.2, 0.25) is 10.0 Å². The fraction of sp³-hybridized carbons (Fsp3) is 0.0500. The Bertz CT molecular complexity index is 2150. The Balaban J connectivity index is 1.11. The van der Waals surface area contributed by atoms with Crippen LogP contribution in [0.5, 0.6) is 11.5 Å². The zero-order chi connectivity index (χ0) is 35.0. The number of ether oxygens (including phenoxy) is 1. The molecule has 0 aliphatic heterocycles. The number of benzene rings is 6. The third-order valence-corrected chi connectivity index (χ3v) is 8.46. The number of aromatic carboxylic acids is 1. The highest BCUT2D eigenvalue weighted by Gasteiger charge is 2.21. The lowest BCUT2D eigenvalue weighted by Gasteiger charge is -2.13. The molecule has 0 radical (unpaired) electrons. The van der Waals surface area contributed by atoms with Gasteiger partial charge in [0.25, 0.3) is 0 Å². The summed E-state index contributed by atoms with van der Waals surface area (Å²) < 4.78 is 5.52. The van der Waals surface area contributed by atoms with E-state index in [1.165, 1.54) is 18.2 Å². The molecular weight excluding hydrogens is 679 g/mol. The van der Waals surface area contributed by atoms with Crippen molar-refractivity contribution in [3.63, 3.8) is 0 Å². The lowest BCUT2D eigenvalue weighted by molar-refractivity contribution is -0.253. The normalized spacial score (nSPS) is 10.9. The SMILES string of the molecule is O=C(O)c1cc(-c2ccccc2)ccc1C(=O)Oc1ccc(-c2ccc(OOCc3ccc(-c4ccccc4)cc3COO)c(Cl)c2)cc1Cl. The number of carboxylic acids is 1. The molecule has 0 atom stereocenters. The fourth-order valence-corrected chi connectivity index (χ4v) is 5.74. The molecule has 0 aliphatic rings. The van der Waals surface area contributed by atoms with Gasteiger partial charge in [0.15, 0.2) is 5.75 Å². The van der Waals surface area contributed by atoms with Crippen LogP contribution in [0, 0.1) is 0 Å². The Labute approximate surface area is 297 Å². The molecule has 0 bridgehead atoms. The molecular formula is C40H28Cl2O8. The van der Waals surface area contributed by atoms with E-state index in [1.54, 1.807) is 36.4 Å². The number of rotatable bonds is 12. The first-order valence-electron chi connectivity index (χ1n) is 15.3. The van der Waals surface area contributed by atoms with Gasteiger partial charge < -0.3 is 14.7 Å². The van der Waals surface area contributed by atoms with E-state index in [0.29, 0.717) is 16.7 Å². The van der Waals surface area contributed by atoms with E-state index < -0.39 is 11.9 Å². The average molecular weight is 708 g/mol. The molecule has 0 aromatic heterocycles. The number of carbonyl (C=O) groups is 2. The molecule has 0 fully saturated rings. The van der Waals surface area contributed by atoms with Gasteiger partial charge in [-0.3, -0.25) is 5.26 Å². The van der Waals surface area contributed by atoms with Crippen LogP contribution in [0.3, 0.4) is 0 Å². The predicted molar refractivity (Wildman–Crippen MR) is 190 cm³/mol. The summed E-state index contributed by atoms with van der Waals surface area (Å²) in [7, 11) is 0. The van der Waals surface area contributed by atoms with Crippen LogP contribution < -0.4 is 9.62 Å². The number of hydrogen-bond donors (Lipinski definition) is 2. The third kappa shape index (κ3) is 8.03. The molecule has 0 aliphatic carbocycles. The van der Waals surface area contributed by atoms with Gasteiger partial charge in [-0.05, 0) is 87.0 Å². The minimum absolute atomic E-state index is 0.0272. The van der Waals surface area contributed by atoms with Crippen molar-refractivity contribution in [1.29, 1.82) is 0 Å². The van der Waals surface area contributed by atoms with Crippen LogP contribution in [-0.4, -0.2) is 22.3 Å². The van der Waals surface area contributed by atoms with Crippen molar-refractivity contribution in [1.82, 2.24) is 0 Å². The molecule has 50 heavy (non-hydrogen) atoms. The average Bonchev–Trinajstić information content (AvgIpc) is 3.14. The number of carboxylic acid groups (broad SMARTS) is 1. The van der Waals surface area contributed by atoms with E-state index in [0.717, 1.165) is 27.8 Å². The highest BCUT2D eigenvalue weighted by molar-refractivity contribution is 6.33. The maximum atomic E-state index is 13.1. The Kier molecular flexibility index (Phi) is 10.9. The van der Waals surface area contributed by atoms with Crippen LogP contribution in [0.4, 0.5) is 0 Å². The van der Waals surface area contributed by atoms with Crippen LogP contribution in [0.1, 0.15) is 31.8 Å². The molecule has 10 heteroatoms. The van der Waals surface area contributed by atoms with Crippen molar-refractivity contribution in [3.8, 4) is 44.9 Å². The summed E-state index contributed by atoms with van der Waals surface area (Å²) in [6.07, 6.45) is 0. The summed E-state index contributed by atoms with van der Waals surface area (Å²) in [6, 6.07) is 39.2. The van der Waals surface area contributed by atoms with Crippen LogP contribution in [0.15, 0.2) is 133 Å². The summed E-state index contributed by atoms with van der Waals surface area (Å²) in [5, 5.41) is 19.3. The molecule has 6 aromatic carbocycles. The Morgan fingerprint density at radius 3 is 1.66 bits per heavy atom. The second kappa shape index (κ2) is 15.8. The third-order valence-electron chi connectivity index (χ3n) is 7.87. The van der Waals surface area contributed by atoms with Crippen molar-refractivity contribution in [2.24, 2.45) is 0 Å². The van der Waals surface area contributed by atoms with Crippen molar-refractivity contribution in [2.45, 2.75) is 13.2 Å². The Hall–Kier alpha value is -5.48. The van der Waals surface area contributed by atoms with Gasteiger partial charge >= 0.3 is 11.9 Å². The molecule has 0 unspecified atom stereocenters. The maximum absolute atomic E-state index is 13.1. The topological polar surface area (TPSA) is 112 Å². The number of hydrogen-bond acceptors (Lipinski definition) is 7. The predicted octanol–water partition coefficient (Wildman–Crippen LogP) is 10.4. The van der Waals surface area contributed by atoms with Gasteiger partial charge in [-0.25, -0.2) is 14.5 Å². The van der Waals surface area contributed by atoms with Gasteiger partial charge in [-0.2, -0.15) is 4.89 Å².